The van der Waals surface area contributed by atoms with Crippen LogP contribution in [0.1, 0.15) is 12.6 Å². The average molecular weight is 222 g/mol. The maximum atomic E-state index is 10.5. The van der Waals surface area contributed by atoms with Crippen molar-refractivity contribution in [2.45, 2.75) is 5.75 Å². The molecule has 14 heavy (non-hydrogen) atoms. The van der Waals surface area contributed by atoms with Gasteiger partial charge in [-0.15, -0.1) is 0 Å². The molecule has 1 N–H and O–H groups in total. The molecule has 0 amide bonds. The van der Waals surface area contributed by atoms with Gasteiger partial charge in [-0.25, -0.2) is 0 Å². The van der Waals surface area contributed by atoms with Gasteiger partial charge in [0, 0.05) is 0 Å². The van der Waals surface area contributed by atoms with Gasteiger partial charge in [-0.2, -0.15) is 8.42 Å². The number of hydrogen-bond donors (Lipinski definition) is 1. The molecular weight excluding hydrogens is 211 g/mol. The Balaban J connectivity index is 0. The molecule has 1 rings (SSSR count). The van der Waals surface area contributed by atoms with Gasteiger partial charge < -0.3 is 1.43 Å². The summed E-state index contributed by atoms with van der Waals surface area (Å²) in [6.07, 6.45) is 1.66. The van der Waals surface area contributed by atoms with Crippen molar-refractivity contribution in [3.63, 3.8) is 0 Å². The molecule has 3 nitrogen and oxygen atoms in total. The summed E-state index contributed by atoms with van der Waals surface area (Å²) in [5.41, 5.74) is 1.48. The average Bonchev–Trinajstić information content (AvgIpc) is 2.03. The second-order valence-electron chi connectivity index (χ2n) is 2.67. The summed E-state index contributed by atoms with van der Waals surface area (Å²) in [7, 11) is -3.92. The van der Waals surface area contributed by atoms with E-state index in [0.717, 1.165) is 5.56 Å². The minimum Gasteiger partial charge on any atom is -1.00 e. The zero-order valence-electron chi connectivity index (χ0n) is 8.97. The van der Waals surface area contributed by atoms with Gasteiger partial charge in [-0.3, -0.25) is 4.55 Å². The van der Waals surface area contributed by atoms with Crippen molar-refractivity contribution >= 4 is 16.2 Å². The molecule has 0 saturated carbocycles. The van der Waals surface area contributed by atoms with Crippen molar-refractivity contribution in [2.24, 2.45) is 0 Å². The van der Waals surface area contributed by atoms with Gasteiger partial charge in [0.1, 0.15) is 5.75 Å². The van der Waals surface area contributed by atoms with Crippen LogP contribution in [-0.4, -0.2) is 13.0 Å². The summed E-state index contributed by atoms with van der Waals surface area (Å²) in [6.45, 7) is 3.57. The fraction of sp³-hybridized carbons (Fsp3) is 0.111. The predicted molar refractivity (Wildman–Crippen MR) is 52.9 cm³/mol. The monoisotopic (exact) mass is 222 g/mol. The zero-order valence-corrected chi connectivity index (χ0v) is 10.8. The van der Waals surface area contributed by atoms with Crippen LogP contribution < -0.4 is 29.6 Å². The van der Waals surface area contributed by atoms with Crippen LogP contribution in [0.2, 0.25) is 0 Å². The van der Waals surface area contributed by atoms with Crippen LogP contribution in [0.5, 0.6) is 0 Å². The second kappa shape index (κ2) is 5.68. The summed E-state index contributed by atoms with van der Waals surface area (Å²) in [6, 6.07) is 6.77. The second-order valence-corrected chi connectivity index (χ2v) is 4.12. The van der Waals surface area contributed by atoms with E-state index in [1.807, 2.05) is 0 Å². The van der Waals surface area contributed by atoms with Crippen molar-refractivity contribution in [1.82, 2.24) is 0 Å². The van der Waals surface area contributed by atoms with Gasteiger partial charge in [-0.05, 0) is 11.1 Å². The Morgan fingerprint density at radius 1 is 1.36 bits per heavy atom. The standard InChI is InChI=1S/C9H10O3S.Na.H/c1-2-8-3-5-9(6-4-8)7-13(10,11)12;;/h2-6H,1,7H2,(H,10,11,12);;/q;+1;-1. The van der Waals surface area contributed by atoms with E-state index in [-0.39, 0.29) is 36.7 Å². The first-order valence-corrected chi connectivity index (χ1v) is 5.29. The molecule has 0 spiro atoms. The summed E-state index contributed by atoms with van der Waals surface area (Å²) in [4.78, 5) is 0. The maximum Gasteiger partial charge on any atom is 1.00 e. The van der Waals surface area contributed by atoms with Crippen LogP contribution in [0.3, 0.4) is 0 Å². The molecule has 0 aliphatic heterocycles. The maximum absolute atomic E-state index is 10.5. The molecule has 72 valence electrons. The van der Waals surface area contributed by atoms with E-state index in [1.165, 1.54) is 0 Å². The molecule has 0 fully saturated rings. The van der Waals surface area contributed by atoms with Gasteiger partial charge in [0.15, 0.2) is 0 Å². The van der Waals surface area contributed by atoms with Crippen LogP contribution in [0.15, 0.2) is 30.8 Å². The third-order valence-corrected chi connectivity index (χ3v) is 2.26. The van der Waals surface area contributed by atoms with Crippen molar-refractivity contribution in [1.29, 1.82) is 0 Å². The summed E-state index contributed by atoms with van der Waals surface area (Å²) < 4.78 is 29.5. The Labute approximate surface area is 107 Å². The number of hydrogen-bond acceptors (Lipinski definition) is 2. The number of benzene rings is 1. The van der Waals surface area contributed by atoms with E-state index in [2.05, 4.69) is 6.58 Å². The quantitative estimate of drug-likeness (QED) is 0.518. The first kappa shape index (κ1) is 13.9. The minimum absolute atomic E-state index is 0. The van der Waals surface area contributed by atoms with Crippen molar-refractivity contribution in [3.8, 4) is 0 Å². The van der Waals surface area contributed by atoms with E-state index < -0.39 is 10.1 Å². The van der Waals surface area contributed by atoms with Crippen molar-refractivity contribution in [3.05, 3.63) is 42.0 Å². The molecule has 0 bridgehead atoms. The van der Waals surface area contributed by atoms with Gasteiger partial charge in [0.2, 0.25) is 0 Å². The van der Waals surface area contributed by atoms with E-state index in [9.17, 15) is 8.42 Å². The van der Waals surface area contributed by atoms with Crippen LogP contribution in [0.25, 0.3) is 6.08 Å². The first-order chi connectivity index (χ1) is 6.01. The number of rotatable bonds is 3. The molecule has 0 aliphatic carbocycles. The minimum atomic E-state index is -3.92. The largest absolute Gasteiger partial charge is 1.00 e. The molecule has 0 unspecified atom stereocenters. The van der Waals surface area contributed by atoms with Crippen LogP contribution in [-0.2, 0) is 15.9 Å². The van der Waals surface area contributed by atoms with Crippen molar-refractivity contribution < 1.29 is 44.0 Å². The van der Waals surface area contributed by atoms with Gasteiger partial charge in [-0.1, -0.05) is 36.9 Å². The summed E-state index contributed by atoms with van der Waals surface area (Å²) in [5.74, 6) is -0.343. The molecule has 0 radical (unpaired) electrons. The molecular formula is C9H11NaO3S. The zero-order chi connectivity index (χ0) is 9.90. The SMILES string of the molecule is C=Cc1ccc(CS(=O)(=O)O)cc1.[H-].[Na+]. The fourth-order valence-corrected chi connectivity index (χ4v) is 1.57. The Morgan fingerprint density at radius 3 is 2.21 bits per heavy atom. The summed E-state index contributed by atoms with van der Waals surface area (Å²) in [5, 5.41) is 0. The Bertz CT molecular complexity index is 400. The summed E-state index contributed by atoms with van der Waals surface area (Å²) >= 11 is 0. The molecule has 1 aromatic carbocycles. The Morgan fingerprint density at radius 2 is 1.86 bits per heavy atom. The van der Waals surface area contributed by atoms with E-state index in [4.69, 9.17) is 4.55 Å². The predicted octanol–water partition coefficient (Wildman–Crippen LogP) is -1.17. The first-order valence-electron chi connectivity index (χ1n) is 3.68. The van der Waals surface area contributed by atoms with E-state index in [1.54, 1.807) is 30.3 Å². The molecule has 0 aliphatic rings. The molecule has 1 aromatic rings. The van der Waals surface area contributed by atoms with E-state index in [0.29, 0.717) is 5.56 Å². The van der Waals surface area contributed by atoms with Gasteiger partial charge >= 0.3 is 29.6 Å². The van der Waals surface area contributed by atoms with Crippen molar-refractivity contribution in [2.75, 3.05) is 0 Å². The van der Waals surface area contributed by atoms with Crippen LogP contribution in [0.4, 0.5) is 0 Å². The Kier molecular flexibility index (Phi) is 5.63. The van der Waals surface area contributed by atoms with E-state index >= 15 is 0 Å². The Hall–Kier alpha value is -0.130. The van der Waals surface area contributed by atoms with Gasteiger partial charge in [0.25, 0.3) is 10.1 Å². The topological polar surface area (TPSA) is 54.4 Å². The smallest absolute Gasteiger partial charge is 1.00 e. The normalized spacial score (nSPS) is 10.4. The fourth-order valence-electron chi connectivity index (χ4n) is 0.961. The molecule has 0 atom stereocenters. The molecule has 0 saturated heterocycles. The molecule has 0 aromatic heterocycles. The van der Waals surface area contributed by atoms with Crippen LogP contribution >= 0.6 is 0 Å². The molecule has 5 heteroatoms. The molecule has 0 heterocycles. The van der Waals surface area contributed by atoms with Gasteiger partial charge in [0.05, 0.1) is 0 Å². The third kappa shape index (κ3) is 4.93. The van der Waals surface area contributed by atoms with Crippen LogP contribution in [0, 0.1) is 0 Å². The third-order valence-electron chi connectivity index (χ3n) is 1.56.